The second kappa shape index (κ2) is 8.05. The van der Waals surface area contributed by atoms with Crippen molar-refractivity contribution in [2.75, 3.05) is 7.11 Å². The number of nitrogens with one attached hydrogen (secondary N) is 2. The van der Waals surface area contributed by atoms with Crippen LogP contribution in [-0.4, -0.2) is 23.0 Å². The third kappa shape index (κ3) is 3.59. The minimum atomic E-state index is -0.572. The van der Waals surface area contributed by atoms with Gasteiger partial charge in [-0.2, -0.15) is 5.26 Å². The van der Waals surface area contributed by atoms with Crippen LogP contribution in [0.15, 0.2) is 60.7 Å². The Labute approximate surface area is 171 Å². The summed E-state index contributed by atoms with van der Waals surface area (Å²) in [6.07, 6.45) is 1.97. The molecule has 2 aromatic heterocycles. The summed E-state index contributed by atoms with van der Waals surface area (Å²) in [6.45, 7) is 0. The molecule has 0 aliphatic heterocycles. The number of rotatable bonds is 5. The Morgan fingerprint density at radius 2 is 2.00 bits per heavy atom. The van der Waals surface area contributed by atoms with Crippen molar-refractivity contribution in [2.24, 2.45) is 0 Å². The molecule has 4 aromatic rings. The van der Waals surface area contributed by atoms with Crippen LogP contribution in [0.25, 0.3) is 22.2 Å². The van der Waals surface area contributed by atoms with Gasteiger partial charge in [0, 0.05) is 23.6 Å². The Morgan fingerprint density at radius 1 is 1.20 bits per heavy atom. The quantitative estimate of drug-likeness (QED) is 0.388. The maximum absolute atomic E-state index is 14.5. The van der Waals surface area contributed by atoms with Crippen molar-refractivity contribution in [1.29, 1.82) is 5.26 Å². The highest BCUT2D eigenvalue weighted by Gasteiger charge is 2.18. The summed E-state index contributed by atoms with van der Waals surface area (Å²) in [4.78, 5) is 19.7. The Hall–Kier alpha value is -4.18. The lowest BCUT2D eigenvalue weighted by atomic mass is 10.0. The molecule has 0 atom stereocenters. The average molecular weight is 400 g/mol. The van der Waals surface area contributed by atoms with E-state index >= 15 is 0 Å². The lowest BCUT2D eigenvalue weighted by molar-refractivity contribution is 0.0967. The highest BCUT2D eigenvalue weighted by Crippen LogP contribution is 2.35. The number of aromatic amines is 1. The predicted octanol–water partition coefficient (Wildman–Crippen LogP) is 4.18. The standard InChI is InChI=1S/C23H17FN4O2/c1-30-21-12-20-16(11-18(21)24)17(22(28-20)14-6-3-2-4-7-14)10-15-8-5-9-19(27-15)23(29)26-13-25/h2-9,11-12,28H,10H2,1H3,(H,26,29). The van der Waals surface area contributed by atoms with Crippen molar-refractivity contribution in [3.63, 3.8) is 0 Å². The number of nitrogens with zero attached hydrogens (tertiary/aromatic N) is 2. The van der Waals surface area contributed by atoms with Crippen molar-refractivity contribution >= 4 is 16.8 Å². The Balaban J connectivity index is 1.85. The zero-order valence-electron chi connectivity index (χ0n) is 16.1. The third-order valence-electron chi connectivity index (χ3n) is 4.81. The smallest absolute Gasteiger partial charge is 0.282 e. The minimum absolute atomic E-state index is 0.142. The van der Waals surface area contributed by atoms with Crippen molar-refractivity contribution in [1.82, 2.24) is 15.3 Å². The fraction of sp³-hybridized carbons (Fsp3) is 0.0870. The number of fused-ring (bicyclic) bond motifs is 1. The van der Waals surface area contributed by atoms with Crippen molar-refractivity contribution in [3.8, 4) is 23.2 Å². The number of aromatic nitrogens is 2. The first-order valence-electron chi connectivity index (χ1n) is 9.19. The molecule has 0 aliphatic rings. The molecule has 2 heterocycles. The van der Waals surface area contributed by atoms with Crippen LogP contribution >= 0.6 is 0 Å². The molecule has 0 radical (unpaired) electrons. The molecular weight excluding hydrogens is 383 g/mol. The third-order valence-corrected chi connectivity index (χ3v) is 4.81. The first-order valence-corrected chi connectivity index (χ1v) is 9.19. The van der Waals surface area contributed by atoms with Gasteiger partial charge in [0.15, 0.2) is 17.8 Å². The van der Waals surface area contributed by atoms with Gasteiger partial charge in [-0.05, 0) is 29.3 Å². The molecule has 2 aromatic carbocycles. The number of methoxy groups -OCH3 is 1. The second-order valence-corrected chi connectivity index (χ2v) is 6.63. The number of ether oxygens (including phenoxy) is 1. The molecule has 7 heteroatoms. The molecule has 1 amide bonds. The van der Waals surface area contributed by atoms with Crippen LogP contribution in [0.2, 0.25) is 0 Å². The number of hydrogen-bond donors (Lipinski definition) is 2. The summed E-state index contributed by atoms with van der Waals surface area (Å²) in [5, 5.41) is 11.4. The first kappa shape index (κ1) is 19.2. The summed E-state index contributed by atoms with van der Waals surface area (Å²) >= 11 is 0. The molecule has 0 saturated heterocycles. The van der Waals surface area contributed by atoms with Gasteiger partial charge in [0.05, 0.1) is 18.3 Å². The van der Waals surface area contributed by atoms with E-state index in [-0.39, 0.29) is 11.4 Å². The highest BCUT2D eigenvalue weighted by molar-refractivity contribution is 5.94. The molecular formula is C23H17FN4O2. The number of H-pyrrole nitrogens is 1. The number of amides is 1. The lowest BCUT2D eigenvalue weighted by Crippen LogP contribution is -2.19. The van der Waals surface area contributed by atoms with Crippen LogP contribution in [0, 0.1) is 17.3 Å². The largest absolute Gasteiger partial charge is 0.494 e. The van der Waals surface area contributed by atoms with Crippen molar-refractivity contribution < 1.29 is 13.9 Å². The Morgan fingerprint density at radius 3 is 2.73 bits per heavy atom. The zero-order chi connectivity index (χ0) is 21.1. The summed E-state index contributed by atoms with van der Waals surface area (Å²) in [6, 6.07) is 17.8. The maximum atomic E-state index is 14.5. The number of benzene rings is 2. The van der Waals surface area contributed by atoms with Crippen molar-refractivity contribution in [3.05, 3.63) is 83.4 Å². The molecule has 0 bridgehead atoms. The highest BCUT2D eigenvalue weighted by atomic mass is 19.1. The van der Waals surface area contributed by atoms with Gasteiger partial charge < -0.3 is 9.72 Å². The predicted molar refractivity (Wildman–Crippen MR) is 110 cm³/mol. The van der Waals surface area contributed by atoms with Gasteiger partial charge in [-0.15, -0.1) is 0 Å². The normalized spacial score (nSPS) is 10.6. The first-order chi connectivity index (χ1) is 14.6. The fourth-order valence-corrected chi connectivity index (χ4v) is 3.44. The molecule has 30 heavy (non-hydrogen) atoms. The summed E-state index contributed by atoms with van der Waals surface area (Å²) < 4.78 is 19.6. The van der Waals surface area contributed by atoms with Gasteiger partial charge in [-0.1, -0.05) is 36.4 Å². The molecule has 148 valence electrons. The van der Waals surface area contributed by atoms with Crippen LogP contribution in [-0.2, 0) is 6.42 Å². The van der Waals surface area contributed by atoms with E-state index < -0.39 is 11.7 Å². The number of carbonyl (C=O) groups excluding carboxylic acids is 1. The molecule has 2 N–H and O–H groups in total. The van der Waals surface area contributed by atoms with Crippen LogP contribution in [0.5, 0.6) is 5.75 Å². The van der Waals surface area contributed by atoms with E-state index in [1.807, 2.05) is 30.3 Å². The Bertz CT molecular complexity index is 1280. The van der Waals surface area contributed by atoms with E-state index in [9.17, 15) is 9.18 Å². The van der Waals surface area contributed by atoms with E-state index in [1.54, 1.807) is 24.4 Å². The maximum Gasteiger partial charge on any atom is 0.282 e. The number of nitriles is 1. The number of halogens is 1. The van der Waals surface area contributed by atoms with E-state index in [4.69, 9.17) is 10.00 Å². The van der Waals surface area contributed by atoms with Crippen LogP contribution < -0.4 is 10.1 Å². The number of carbonyl (C=O) groups is 1. The Kier molecular flexibility index (Phi) is 5.14. The van der Waals surface area contributed by atoms with E-state index in [2.05, 4.69) is 15.3 Å². The van der Waals surface area contributed by atoms with Gasteiger partial charge in [0.2, 0.25) is 0 Å². The minimum Gasteiger partial charge on any atom is -0.494 e. The van der Waals surface area contributed by atoms with Gasteiger partial charge in [0.1, 0.15) is 5.69 Å². The monoisotopic (exact) mass is 400 g/mol. The van der Waals surface area contributed by atoms with Crippen LogP contribution in [0.3, 0.4) is 0 Å². The number of pyridine rings is 1. The number of hydrogen-bond acceptors (Lipinski definition) is 4. The molecule has 0 saturated carbocycles. The second-order valence-electron chi connectivity index (χ2n) is 6.63. The van der Waals surface area contributed by atoms with Crippen molar-refractivity contribution in [2.45, 2.75) is 6.42 Å². The molecule has 4 rings (SSSR count). The van der Waals surface area contributed by atoms with Crippen LogP contribution in [0.4, 0.5) is 4.39 Å². The molecule has 0 spiro atoms. The zero-order valence-corrected chi connectivity index (χ0v) is 16.1. The average Bonchev–Trinajstić information content (AvgIpc) is 3.11. The topological polar surface area (TPSA) is 90.8 Å². The fourth-order valence-electron chi connectivity index (χ4n) is 3.44. The molecule has 0 fully saturated rings. The van der Waals surface area contributed by atoms with Gasteiger partial charge in [-0.3, -0.25) is 10.1 Å². The van der Waals surface area contributed by atoms with E-state index in [1.165, 1.54) is 19.2 Å². The SMILES string of the molecule is COc1cc2[nH]c(-c3ccccc3)c(Cc3cccc(C(=O)NC#N)n3)c2cc1F. The summed E-state index contributed by atoms with van der Waals surface area (Å²) in [5.41, 5.74) is 4.13. The van der Waals surface area contributed by atoms with Crippen LogP contribution in [0.1, 0.15) is 21.7 Å². The van der Waals surface area contributed by atoms with E-state index in [0.29, 0.717) is 17.5 Å². The summed E-state index contributed by atoms with van der Waals surface area (Å²) in [7, 11) is 1.42. The molecule has 0 unspecified atom stereocenters. The van der Waals surface area contributed by atoms with Gasteiger partial charge >= 0.3 is 0 Å². The van der Waals surface area contributed by atoms with Gasteiger partial charge in [-0.25, -0.2) is 9.37 Å². The molecule has 0 aliphatic carbocycles. The van der Waals surface area contributed by atoms with E-state index in [0.717, 1.165) is 22.3 Å². The van der Waals surface area contributed by atoms with Gasteiger partial charge in [0.25, 0.3) is 5.91 Å². The summed E-state index contributed by atoms with van der Waals surface area (Å²) in [5.74, 6) is -0.875. The molecule has 6 nitrogen and oxygen atoms in total. The lowest BCUT2D eigenvalue weighted by Gasteiger charge is -2.07.